The van der Waals surface area contributed by atoms with Gasteiger partial charge in [0.2, 0.25) is 0 Å². The molecule has 2 aromatic heterocycles. The van der Waals surface area contributed by atoms with Crippen molar-refractivity contribution in [3.8, 4) is 0 Å². The molecule has 2 heterocycles. The van der Waals surface area contributed by atoms with E-state index < -0.39 is 0 Å². The molecule has 4 nitrogen and oxygen atoms in total. The molecule has 0 fully saturated rings. The Kier molecular flexibility index (Phi) is 3.61. The van der Waals surface area contributed by atoms with Crippen LogP contribution in [0.3, 0.4) is 0 Å². The van der Waals surface area contributed by atoms with Crippen LogP contribution in [0, 0.1) is 0 Å². The second kappa shape index (κ2) is 5.16. The van der Waals surface area contributed by atoms with Gasteiger partial charge in [-0.1, -0.05) is 12.2 Å². The number of aliphatic hydroxyl groups is 1. The summed E-state index contributed by atoms with van der Waals surface area (Å²) in [5.41, 5.74) is 0.810. The summed E-state index contributed by atoms with van der Waals surface area (Å²) in [4.78, 5) is 7.46. The maximum Gasteiger partial charge on any atom is 0.195 e. The topological polar surface area (TPSA) is 40.8 Å². The van der Waals surface area contributed by atoms with Gasteiger partial charge in [0.05, 0.1) is 12.3 Å². The second-order valence-electron chi connectivity index (χ2n) is 3.58. The molecule has 0 amide bonds. The van der Waals surface area contributed by atoms with Crippen molar-refractivity contribution < 1.29 is 5.11 Å². The molecule has 0 unspecified atom stereocenters. The third kappa shape index (κ3) is 2.11. The van der Waals surface area contributed by atoms with Gasteiger partial charge in [-0.05, 0) is 0 Å². The standard InChI is InChI=1S/C12H15N3OS/c1-3-5-14(6-4-2)11-10(9-16)15-7-8-17-12(15)13-11/h3-4,7-8,16H,1-2,5-6,9H2. The van der Waals surface area contributed by atoms with Gasteiger partial charge < -0.3 is 10.0 Å². The molecule has 0 saturated heterocycles. The van der Waals surface area contributed by atoms with Crippen molar-refractivity contribution in [3.05, 3.63) is 42.6 Å². The average molecular weight is 249 g/mol. The van der Waals surface area contributed by atoms with Gasteiger partial charge in [-0.15, -0.1) is 24.5 Å². The van der Waals surface area contributed by atoms with Crippen LogP contribution in [-0.4, -0.2) is 27.6 Å². The molecule has 0 aliphatic rings. The van der Waals surface area contributed by atoms with Gasteiger partial charge >= 0.3 is 0 Å². The average Bonchev–Trinajstić information content (AvgIpc) is 2.87. The fourth-order valence-corrected chi connectivity index (χ4v) is 2.51. The zero-order valence-electron chi connectivity index (χ0n) is 9.54. The van der Waals surface area contributed by atoms with Crippen molar-refractivity contribution in [1.82, 2.24) is 9.38 Å². The highest BCUT2D eigenvalue weighted by Gasteiger charge is 2.16. The Morgan fingerprint density at radius 1 is 1.41 bits per heavy atom. The smallest absolute Gasteiger partial charge is 0.195 e. The highest BCUT2D eigenvalue weighted by Crippen LogP contribution is 2.24. The van der Waals surface area contributed by atoms with Crippen LogP contribution in [-0.2, 0) is 6.61 Å². The van der Waals surface area contributed by atoms with Gasteiger partial charge in [-0.25, -0.2) is 4.98 Å². The van der Waals surface area contributed by atoms with Gasteiger partial charge in [-0.3, -0.25) is 4.40 Å². The molecule has 0 aliphatic carbocycles. The van der Waals surface area contributed by atoms with E-state index >= 15 is 0 Å². The molecule has 17 heavy (non-hydrogen) atoms. The number of rotatable bonds is 6. The summed E-state index contributed by atoms with van der Waals surface area (Å²) in [7, 11) is 0. The van der Waals surface area contributed by atoms with Crippen LogP contribution in [0.25, 0.3) is 4.96 Å². The zero-order valence-corrected chi connectivity index (χ0v) is 10.4. The highest BCUT2D eigenvalue weighted by molar-refractivity contribution is 7.15. The number of aliphatic hydroxyl groups excluding tert-OH is 1. The largest absolute Gasteiger partial charge is 0.390 e. The number of imidazole rings is 1. The Bertz CT molecular complexity index is 519. The van der Waals surface area contributed by atoms with E-state index in [4.69, 9.17) is 0 Å². The first-order chi connectivity index (χ1) is 8.31. The molecule has 0 saturated carbocycles. The van der Waals surface area contributed by atoms with E-state index in [1.807, 2.05) is 33.0 Å². The van der Waals surface area contributed by atoms with Crippen molar-refractivity contribution in [2.24, 2.45) is 0 Å². The van der Waals surface area contributed by atoms with Gasteiger partial charge in [0.1, 0.15) is 0 Å². The number of fused-ring (bicyclic) bond motifs is 1. The molecule has 0 bridgehead atoms. The molecule has 0 aliphatic heterocycles. The Morgan fingerprint density at radius 2 is 2.12 bits per heavy atom. The maximum atomic E-state index is 9.47. The number of thiazole rings is 1. The van der Waals surface area contributed by atoms with E-state index in [9.17, 15) is 5.11 Å². The maximum absolute atomic E-state index is 9.47. The number of hydrogen-bond acceptors (Lipinski definition) is 4. The molecule has 5 heteroatoms. The van der Waals surface area contributed by atoms with Crippen LogP contribution in [0.15, 0.2) is 36.9 Å². The lowest BCUT2D eigenvalue weighted by molar-refractivity contribution is 0.276. The lowest BCUT2D eigenvalue weighted by atomic mass is 10.3. The van der Waals surface area contributed by atoms with Crippen molar-refractivity contribution in [2.75, 3.05) is 18.0 Å². The summed E-state index contributed by atoms with van der Waals surface area (Å²) >= 11 is 1.55. The first kappa shape index (κ1) is 11.9. The fraction of sp³-hybridized carbons (Fsp3) is 0.250. The van der Waals surface area contributed by atoms with Crippen molar-refractivity contribution in [3.63, 3.8) is 0 Å². The van der Waals surface area contributed by atoms with Gasteiger partial charge in [0, 0.05) is 24.7 Å². The molecule has 90 valence electrons. The molecule has 0 radical (unpaired) electrons. The van der Waals surface area contributed by atoms with Gasteiger partial charge in [-0.2, -0.15) is 0 Å². The highest BCUT2D eigenvalue weighted by atomic mass is 32.1. The minimum Gasteiger partial charge on any atom is -0.390 e. The van der Waals surface area contributed by atoms with E-state index in [0.717, 1.165) is 16.5 Å². The normalized spacial score (nSPS) is 10.6. The third-order valence-corrected chi connectivity index (χ3v) is 3.24. The van der Waals surface area contributed by atoms with Crippen LogP contribution >= 0.6 is 11.3 Å². The summed E-state index contributed by atoms with van der Waals surface area (Å²) in [6, 6.07) is 0. The van der Waals surface area contributed by atoms with Crippen LogP contribution in [0.4, 0.5) is 5.82 Å². The van der Waals surface area contributed by atoms with E-state index in [0.29, 0.717) is 13.1 Å². The molecule has 0 spiro atoms. The summed E-state index contributed by atoms with van der Waals surface area (Å²) < 4.78 is 1.92. The Labute approximate surface area is 104 Å². The molecule has 2 aromatic rings. The summed E-state index contributed by atoms with van der Waals surface area (Å²) in [5, 5.41) is 11.4. The summed E-state index contributed by atoms with van der Waals surface area (Å²) in [5.74, 6) is 0.805. The van der Waals surface area contributed by atoms with Crippen LogP contribution in [0.1, 0.15) is 5.69 Å². The molecule has 0 atom stereocenters. The number of nitrogens with zero attached hydrogens (tertiary/aromatic N) is 3. The Morgan fingerprint density at radius 3 is 2.71 bits per heavy atom. The second-order valence-corrected chi connectivity index (χ2v) is 4.45. The predicted molar refractivity (Wildman–Crippen MR) is 71.6 cm³/mol. The third-order valence-electron chi connectivity index (χ3n) is 2.49. The lowest BCUT2D eigenvalue weighted by Crippen LogP contribution is -2.24. The van der Waals surface area contributed by atoms with Crippen molar-refractivity contribution in [1.29, 1.82) is 0 Å². The van der Waals surface area contributed by atoms with E-state index in [1.54, 1.807) is 11.3 Å². The quantitative estimate of drug-likeness (QED) is 0.797. The van der Waals surface area contributed by atoms with Crippen LogP contribution in [0.5, 0.6) is 0 Å². The SMILES string of the molecule is C=CCN(CC=C)c1nc2sccn2c1CO. The Balaban J connectivity index is 2.46. The predicted octanol–water partition coefficient (Wildman–Crippen LogP) is 2.07. The number of aromatic nitrogens is 2. The van der Waals surface area contributed by atoms with E-state index in [2.05, 4.69) is 18.1 Å². The molecule has 2 rings (SSSR count). The van der Waals surface area contributed by atoms with E-state index in [1.165, 1.54) is 0 Å². The summed E-state index contributed by atoms with van der Waals surface area (Å²) in [6.45, 7) is 8.81. The Hall–Kier alpha value is -1.59. The zero-order chi connectivity index (χ0) is 12.3. The van der Waals surface area contributed by atoms with Crippen molar-refractivity contribution in [2.45, 2.75) is 6.61 Å². The number of hydrogen-bond donors (Lipinski definition) is 1. The van der Waals surface area contributed by atoms with E-state index in [-0.39, 0.29) is 6.61 Å². The molecular weight excluding hydrogens is 234 g/mol. The molecular formula is C12H15N3OS. The van der Waals surface area contributed by atoms with Crippen LogP contribution < -0.4 is 4.90 Å². The van der Waals surface area contributed by atoms with Gasteiger partial charge in [0.25, 0.3) is 0 Å². The first-order valence-electron chi connectivity index (χ1n) is 5.33. The first-order valence-corrected chi connectivity index (χ1v) is 6.21. The molecule has 1 N–H and O–H groups in total. The van der Waals surface area contributed by atoms with Crippen LogP contribution in [0.2, 0.25) is 0 Å². The fourth-order valence-electron chi connectivity index (χ4n) is 1.78. The van der Waals surface area contributed by atoms with Gasteiger partial charge in [0.15, 0.2) is 10.8 Å². The number of anilines is 1. The monoisotopic (exact) mass is 249 g/mol. The minimum atomic E-state index is -0.0297. The molecule has 0 aromatic carbocycles. The minimum absolute atomic E-state index is 0.0297. The lowest BCUT2D eigenvalue weighted by Gasteiger charge is -2.19. The summed E-state index contributed by atoms with van der Waals surface area (Å²) in [6.07, 6.45) is 5.55. The van der Waals surface area contributed by atoms with Crippen molar-refractivity contribution >= 4 is 22.1 Å².